The van der Waals surface area contributed by atoms with E-state index in [0.717, 1.165) is 23.3 Å². The second kappa shape index (κ2) is 5.37. The van der Waals surface area contributed by atoms with Crippen LogP contribution in [0, 0.1) is 0 Å². The number of aromatic nitrogens is 1. The number of phenols is 1. The highest BCUT2D eigenvalue weighted by molar-refractivity contribution is 7.17. The number of phenolic OH excluding ortho intramolecular Hbond substituents is 1. The Labute approximate surface area is 132 Å². The molecule has 0 saturated carbocycles. The van der Waals surface area contributed by atoms with Crippen LogP contribution in [0.4, 0.5) is 0 Å². The number of carbonyl (C=O) groups excluding carboxylic acids is 1. The molecule has 6 heteroatoms. The number of rotatable bonds is 3. The van der Waals surface area contributed by atoms with Gasteiger partial charge in [0.15, 0.2) is 5.01 Å². The molecule has 1 aromatic heterocycles. The summed E-state index contributed by atoms with van der Waals surface area (Å²) in [5.74, 6) is 0.112. The number of amides is 1. The highest BCUT2D eigenvalue weighted by Crippen LogP contribution is 2.30. The van der Waals surface area contributed by atoms with Crippen LogP contribution < -0.4 is 10.6 Å². The number of hydrogen-bond acceptors (Lipinski definition) is 5. The van der Waals surface area contributed by atoms with Gasteiger partial charge in [-0.1, -0.05) is 12.1 Å². The molecule has 3 heterocycles. The normalized spacial score (nSPS) is 26.3. The van der Waals surface area contributed by atoms with E-state index in [9.17, 15) is 9.90 Å². The molecule has 2 aromatic rings. The molecule has 1 amide bonds. The molecule has 2 bridgehead atoms. The van der Waals surface area contributed by atoms with Crippen LogP contribution in [0.3, 0.4) is 0 Å². The lowest BCUT2D eigenvalue weighted by molar-refractivity contribution is 0.0930. The van der Waals surface area contributed by atoms with Crippen LogP contribution in [0.15, 0.2) is 30.5 Å². The molecule has 3 unspecified atom stereocenters. The van der Waals surface area contributed by atoms with Gasteiger partial charge >= 0.3 is 0 Å². The fourth-order valence-electron chi connectivity index (χ4n) is 3.39. The molecule has 2 aliphatic heterocycles. The summed E-state index contributed by atoms with van der Waals surface area (Å²) in [5.41, 5.74) is 0.873. The second-order valence-electron chi connectivity index (χ2n) is 5.94. The van der Waals surface area contributed by atoms with Gasteiger partial charge in [0.25, 0.3) is 5.91 Å². The van der Waals surface area contributed by atoms with Gasteiger partial charge in [-0.2, -0.15) is 0 Å². The zero-order chi connectivity index (χ0) is 15.1. The third-order valence-electron chi connectivity index (χ3n) is 4.45. The molecule has 0 aliphatic carbocycles. The minimum Gasteiger partial charge on any atom is -0.508 e. The molecule has 5 nitrogen and oxygen atoms in total. The molecule has 0 spiro atoms. The van der Waals surface area contributed by atoms with Crippen LogP contribution >= 0.6 is 11.3 Å². The van der Waals surface area contributed by atoms with E-state index in [2.05, 4.69) is 15.6 Å². The van der Waals surface area contributed by atoms with Crippen molar-refractivity contribution >= 4 is 17.2 Å². The molecule has 114 valence electrons. The SMILES string of the molecule is O=C(NC1CC2CCC1N2)c1ncc(-c2cccc(O)c2)s1. The molecule has 2 fully saturated rings. The lowest BCUT2D eigenvalue weighted by atomic mass is 9.95. The van der Waals surface area contributed by atoms with Crippen molar-refractivity contribution < 1.29 is 9.90 Å². The zero-order valence-electron chi connectivity index (χ0n) is 12.0. The molecule has 3 N–H and O–H groups in total. The van der Waals surface area contributed by atoms with Gasteiger partial charge in [0.2, 0.25) is 0 Å². The van der Waals surface area contributed by atoms with Crippen molar-refractivity contribution in [2.24, 2.45) is 0 Å². The van der Waals surface area contributed by atoms with E-state index in [1.54, 1.807) is 24.4 Å². The largest absolute Gasteiger partial charge is 0.508 e. The van der Waals surface area contributed by atoms with Gasteiger partial charge in [0.05, 0.1) is 4.88 Å². The number of hydrogen-bond donors (Lipinski definition) is 3. The molecule has 22 heavy (non-hydrogen) atoms. The van der Waals surface area contributed by atoms with Crippen molar-refractivity contribution in [2.75, 3.05) is 0 Å². The Morgan fingerprint density at radius 1 is 1.41 bits per heavy atom. The van der Waals surface area contributed by atoms with E-state index < -0.39 is 0 Å². The summed E-state index contributed by atoms with van der Waals surface area (Å²) in [4.78, 5) is 17.5. The van der Waals surface area contributed by atoms with Crippen LogP contribution in [0.5, 0.6) is 5.75 Å². The Morgan fingerprint density at radius 2 is 2.32 bits per heavy atom. The van der Waals surface area contributed by atoms with Crippen molar-refractivity contribution in [3.8, 4) is 16.2 Å². The minimum absolute atomic E-state index is 0.101. The Bertz CT molecular complexity index is 715. The first-order chi connectivity index (χ1) is 10.7. The van der Waals surface area contributed by atoms with E-state index in [1.165, 1.54) is 17.8 Å². The van der Waals surface area contributed by atoms with Crippen molar-refractivity contribution in [3.63, 3.8) is 0 Å². The summed E-state index contributed by atoms with van der Waals surface area (Å²) in [6, 6.07) is 8.18. The average molecular weight is 315 g/mol. The van der Waals surface area contributed by atoms with Crippen LogP contribution in [-0.4, -0.2) is 34.1 Å². The van der Waals surface area contributed by atoms with Crippen molar-refractivity contribution in [3.05, 3.63) is 35.5 Å². The quantitative estimate of drug-likeness (QED) is 0.811. The Morgan fingerprint density at radius 3 is 3.05 bits per heavy atom. The number of thiazole rings is 1. The van der Waals surface area contributed by atoms with Gasteiger partial charge in [-0.25, -0.2) is 4.98 Å². The maximum Gasteiger partial charge on any atom is 0.280 e. The molecule has 1 aromatic carbocycles. The molecule has 4 rings (SSSR count). The molecule has 2 aliphatic rings. The van der Waals surface area contributed by atoms with E-state index in [4.69, 9.17) is 0 Å². The van der Waals surface area contributed by atoms with E-state index in [0.29, 0.717) is 17.1 Å². The van der Waals surface area contributed by atoms with Gasteiger partial charge in [-0.3, -0.25) is 4.79 Å². The Kier molecular flexibility index (Phi) is 3.35. The van der Waals surface area contributed by atoms with Crippen LogP contribution in [0.25, 0.3) is 10.4 Å². The molecule has 2 saturated heterocycles. The fraction of sp³-hybridized carbons (Fsp3) is 0.375. The lowest BCUT2D eigenvalue weighted by Gasteiger charge is -2.20. The maximum atomic E-state index is 12.3. The van der Waals surface area contributed by atoms with E-state index >= 15 is 0 Å². The van der Waals surface area contributed by atoms with Crippen molar-refractivity contribution in [1.29, 1.82) is 0 Å². The van der Waals surface area contributed by atoms with Gasteiger partial charge in [0.1, 0.15) is 5.75 Å². The molecule has 0 radical (unpaired) electrons. The predicted octanol–water partition coefficient (Wildman–Crippen LogP) is 2.14. The summed E-state index contributed by atoms with van der Waals surface area (Å²) >= 11 is 1.35. The Hall–Kier alpha value is -1.92. The van der Waals surface area contributed by atoms with Crippen LogP contribution in [-0.2, 0) is 0 Å². The molecular weight excluding hydrogens is 298 g/mol. The number of carbonyl (C=O) groups is 1. The van der Waals surface area contributed by atoms with Crippen molar-refractivity contribution in [2.45, 2.75) is 37.4 Å². The number of benzene rings is 1. The summed E-state index contributed by atoms with van der Waals surface area (Å²) < 4.78 is 0. The fourth-order valence-corrected chi connectivity index (χ4v) is 4.20. The van der Waals surface area contributed by atoms with E-state index in [-0.39, 0.29) is 17.7 Å². The maximum absolute atomic E-state index is 12.3. The number of fused-ring (bicyclic) bond motifs is 2. The summed E-state index contributed by atoms with van der Waals surface area (Å²) in [6.07, 6.45) is 5.06. The average Bonchev–Trinajstić information content (AvgIpc) is 3.23. The van der Waals surface area contributed by atoms with E-state index in [1.807, 2.05) is 6.07 Å². The number of nitrogens with zero attached hydrogens (tertiary/aromatic N) is 1. The lowest BCUT2D eigenvalue weighted by Crippen LogP contribution is -2.42. The third-order valence-corrected chi connectivity index (χ3v) is 5.49. The van der Waals surface area contributed by atoms with Gasteiger partial charge in [-0.15, -0.1) is 11.3 Å². The minimum atomic E-state index is -0.101. The summed E-state index contributed by atoms with van der Waals surface area (Å²) in [7, 11) is 0. The van der Waals surface area contributed by atoms with Crippen LogP contribution in [0.1, 0.15) is 29.1 Å². The first-order valence-electron chi connectivity index (χ1n) is 7.51. The highest BCUT2D eigenvalue weighted by Gasteiger charge is 2.39. The monoisotopic (exact) mass is 315 g/mol. The van der Waals surface area contributed by atoms with Crippen LogP contribution in [0.2, 0.25) is 0 Å². The second-order valence-corrected chi connectivity index (χ2v) is 6.97. The third kappa shape index (κ3) is 2.48. The first kappa shape index (κ1) is 13.7. The summed E-state index contributed by atoms with van der Waals surface area (Å²) in [5, 5.41) is 16.6. The zero-order valence-corrected chi connectivity index (χ0v) is 12.8. The molecular formula is C16H17N3O2S. The summed E-state index contributed by atoms with van der Waals surface area (Å²) in [6.45, 7) is 0. The topological polar surface area (TPSA) is 74.2 Å². The highest BCUT2D eigenvalue weighted by atomic mass is 32.1. The van der Waals surface area contributed by atoms with Gasteiger partial charge in [0, 0.05) is 24.3 Å². The smallest absolute Gasteiger partial charge is 0.280 e. The number of aromatic hydroxyl groups is 1. The Balaban J connectivity index is 1.48. The van der Waals surface area contributed by atoms with Gasteiger partial charge in [-0.05, 0) is 37.0 Å². The first-order valence-corrected chi connectivity index (χ1v) is 8.33. The number of nitrogens with one attached hydrogen (secondary N) is 2. The van der Waals surface area contributed by atoms with Crippen molar-refractivity contribution in [1.82, 2.24) is 15.6 Å². The van der Waals surface area contributed by atoms with Gasteiger partial charge < -0.3 is 15.7 Å². The predicted molar refractivity (Wildman–Crippen MR) is 85.0 cm³/mol. The standard InChI is InChI=1S/C16H17N3O2S/c20-11-3-1-2-9(6-11)14-8-17-16(22-14)15(21)19-13-7-10-4-5-12(13)18-10/h1-3,6,8,10,12-13,18,20H,4-5,7H2,(H,19,21). The molecule has 3 atom stereocenters.